The molecule has 0 unspecified atom stereocenters. The van der Waals surface area contributed by atoms with Crippen LogP contribution in [0, 0.1) is 0 Å². The van der Waals surface area contributed by atoms with Crippen LogP contribution in [-0.4, -0.2) is 139 Å². The maximum atomic E-state index is 13.7. The lowest BCUT2D eigenvalue weighted by Gasteiger charge is -2.27. The minimum Gasteiger partial charge on any atom is -0.508 e. The highest BCUT2D eigenvalue weighted by molar-refractivity contribution is 6.09. The first-order valence-electron chi connectivity index (χ1n) is 26.8. The standard InChI is InChI=1S/C58H67N11O15/c1-29(51(75)64-31(3)53(77)69-49(32(4)70)57(81)68-45(24-36-27-60-28-62-36)56(80)67-44(50(59)74)22-34-12-8-6-9-13-34)63-52(76)30(2)65-55(79)43(66-33(5)71)14-10-7-11-21-61-54(78)35-15-18-39(58(82)83)42(23-35)48-40-19-16-37(72)25-46(40)84-47-26-38(73)17-20-41(47)48/h6,8-9,12-13,15-20,23,25-32,43-45,49,70,72H,7,10-11,14,21-22,24H2,1-5H3,(H2,59,74)(H,60,62)(H,61,78)(H,63,76)(H,64,75)(H,65,79)(H,66,71)(H,67,80)(H,68,81)(H,69,77)(H,82,83)/t29-,30-,31-,32+,43-,44-,45-,49-/m1/s1. The number of hydrogen-bond acceptors (Lipinski definition) is 15. The second-order valence-corrected chi connectivity index (χ2v) is 20.2. The number of hydrogen-bond donors (Lipinski definition) is 13. The molecule has 2 heterocycles. The Morgan fingerprint density at radius 1 is 0.655 bits per heavy atom. The molecule has 26 heteroatoms. The summed E-state index contributed by atoms with van der Waals surface area (Å²) in [6.45, 7) is 6.53. The number of aliphatic hydroxyl groups is 1. The summed E-state index contributed by atoms with van der Waals surface area (Å²) in [7, 11) is 0. The second kappa shape index (κ2) is 29.1. The number of fused-ring (bicyclic) bond motifs is 2. The van der Waals surface area contributed by atoms with Crippen LogP contribution < -0.4 is 53.7 Å². The van der Waals surface area contributed by atoms with Crippen LogP contribution in [0.2, 0.25) is 0 Å². The van der Waals surface area contributed by atoms with Crippen molar-refractivity contribution in [2.45, 2.75) is 122 Å². The van der Waals surface area contributed by atoms with E-state index in [2.05, 4.69) is 52.5 Å². The van der Waals surface area contributed by atoms with Crippen LogP contribution in [0.3, 0.4) is 0 Å². The number of nitrogens with one attached hydrogen (secondary N) is 9. The van der Waals surface area contributed by atoms with E-state index in [4.69, 9.17) is 10.2 Å². The average molecular weight is 1160 g/mol. The van der Waals surface area contributed by atoms with Crippen LogP contribution in [-0.2, 0) is 51.2 Å². The van der Waals surface area contributed by atoms with Crippen molar-refractivity contribution in [2.75, 3.05) is 6.54 Å². The number of unbranched alkanes of at least 4 members (excludes halogenated alkanes) is 2. The lowest BCUT2D eigenvalue weighted by Crippen LogP contribution is -2.61. The van der Waals surface area contributed by atoms with Gasteiger partial charge in [-0.15, -0.1) is 0 Å². The summed E-state index contributed by atoms with van der Waals surface area (Å²) >= 11 is 0. The number of H-pyrrole nitrogens is 1. The zero-order valence-corrected chi connectivity index (χ0v) is 46.6. The summed E-state index contributed by atoms with van der Waals surface area (Å²) in [5.74, 6) is -8.22. The Hall–Kier alpha value is -9.98. The van der Waals surface area contributed by atoms with Crippen molar-refractivity contribution in [2.24, 2.45) is 5.73 Å². The Labute approximate surface area is 480 Å². The molecule has 0 saturated heterocycles. The first kappa shape index (κ1) is 63.2. The molecule has 84 heavy (non-hydrogen) atoms. The number of carboxylic acids is 1. The Kier molecular flexibility index (Phi) is 21.9. The molecule has 4 aromatic rings. The van der Waals surface area contributed by atoms with E-state index in [1.54, 1.807) is 36.4 Å². The molecule has 0 saturated carbocycles. The summed E-state index contributed by atoms with van der Waals surface area (Å²) in [6.07, 6.45) is 2.55. The fraction of sp³-hybridized carbons (Fsp3) is 0.345. The van der Waals surface area contributed by atoms with Crippen molar-refractivity contribution in [1.82, 2.24) is 52.5 Å². The number of carbonyl (C=O) groups is 10. The van der Waals surface area contributed by atoms with E-state index < -0.39 is 108 Å². The number of nitrogens with two attached hydrogens (primary N) is 1. The third-order valence-corrected chi connectivity index (χ3v) is 13.5. The van der Waals surface area contributed by atoms with Gasteiger partial charge in [0.2, 0.25) is 47.3 Å². The number of phenolic OH excluding ortho intramolecular Hbond substituents is 1. The molecule has 1 aliphatic heterocycles. The van der Waals surface area contributed by atoms with Gasteiger partial charge in [0.25, 0.3) is 5.91 Å². The molecule has 0 spiro atoms. The van der Waals surface area contributed by atoms with Gasteiger partial charge in [0, 0.05) is 72.4 Å². The molecule has 0 fully saturated rings. The molecule has 1 aromatic heterocycles. The minimum atomic E-state index is -1.66. The number of phenols is 1. The Morgan fingerprint density at radius 3 is 1.92 bits per heavy atom. The predicted octanol–water partition coefficient (Wildman–Crippen LogP) is 0.807. The fourth-order valence-electron chi connectivity index (χ4n) is 9.00. The van der Waals surface area contributed by atoms with Crippen LogP contribution in [0.5, 0.6) is 5.75 Å². The van der Waals surface area contributed by atoms with Gasteiger partial charge in [-0.1, -0.05) is 43.2 Å². The molecule has 0 bridgehead atoms. The van der Waals surface area contributed by atoms with Gasteiger partial charge in [-0.3, -0.25) is 47.9 Å². The van der Waals surface area contributed by atoms with Gasteiger partial charge in [0.1, 0.15) is 59.4 Å². The highest BCUT2D eigenvalue weighted by Gasteiger charge is 2.34. The Balaban J connectivity index is 0.970. The molecule has 3 aromatic carbocycles. The Bertz CT molecular complexity index is 3420. The molecule has 6 rings (SSSR count). The third kappa shape index (κ3) is 17.3. The smallest absolute Gasteiger partial charge is 0.336 e. The lowest BCUT2D eigenvalue weighted by molar-refractivity contribution is -0.136. The number of benzene rings is 4. The van der Waals surface area contributed by atoms with Gasteiger partial charge < -0.3 is 73.0 Å². The van der Waals surface area contributed by atoms with Crippen molar-refractivity contribution in [3.8, 4) is 28.2 Å². The van der Waals surface area contributed by atoms with Crippen molar-refractivity contribution in [3.05, 3.63) is 130 Å². The first-order chi connectivity index (χ1) is 39.9. The normalized spacial score (nSPS) is 14.0. The molecule has 8 atom stereocenters. The third-order valence-electron chi connectivity index (χ3n) is 13.5. The van der Waals surface area contributed by atoms with Gasteiger partial charge in [-0.2, -0.15) is 0 Å². The number of carbonyl (C=O) groups excluding carboxylic acids is 9. The summed E-state index contributed by atoms with van der Waals surface area (Å²) in [4.78, 5) is 150. The number of aromatic carboxylic acids is 1. The van der Waals surface area contributed by atoms with Gasteiger partial charge in [-0.05, 0) is 94.1 Å². The molecular formula is C58H67N11O15. The molecule has 14 N–H and O–H groups in total. The molecule has 2 aliphatic rings. The van der Waals surface area contributed by atoms with E-state index in [1.807, 2.05) is 0 Å². The number of aromatic nitrogens is 2. The maximum absolute atomic E-state index is 13.7. The molecule has 9 amide bonds. The number of imidazole rings is 1. The summed E-state index contributed by atoms with van der Waals surface area (Å²) in [6, 6.07) is 12.0. The average Bonchev–Trinajstić information content (AvgIpc) is 1.21. The molecule has 0 radical (unpaired) electrons. The van der Waals surface area contributed by atoms with Crippen LogP contribution in [0.4, 0.5) is 0 Å². The van der Waals surface area contributed by atoms with Crippen LogP contribution >= 0.6 is 0 Å². The summed E-state index contributed by atoms with van der Waals surface area (Å²) < 4.78 is 5.90. The summed E-state index contributed by atoms with van der Waals surface area (Å²) in [5.41, 5.74) is 7.48. The number of primary amides is 1. The lowest BCUT2D eigenvalue weighted by atomic mass is 9.89. The zero-order valence-electron chi connectivity index (χ0n) is 46.6. The van der Waals surface area contributed by atoms with Gasteiger partial charge in [0.15, 0.2) is 5.43 Å². The van der Waals surface area contributed by atoms with Gasteiger partial charge >= 0.3 is 5.97 Å². The van der Waals surface area contributed by atoms with Gasteiger partial charge in [0.05, 0.1) is 18.0 Å². The number of aliphatic hydroxyl groups excluding tert-OH is 1. The first-order valence-corrected chi connectivity index (χ1v) is 26.8. The highest BCUT2D eigenvalue weighted by atomic mass is 16.4. The van der Waals surface area contributed by atoms with Crippen molar-refractivity contribution >= 4 is 70.1 Å². The zero-order chi connectivity index (χ0) is 61.4. The predicted molar refractivity (Wildman–Crippen MR) is 303 cm³/mol. The number of rotatable bonds is 28. The van der Waals surface area contributed by atoms with E-state index in [-0.39, 0.29) is 65.0 Å². The summed E-state index contributed by atoms with van der Waals surface area (Å²) in [5, 5.41) is 51.6. The molecule has 26 nitrogen and oxygen atoms in total. The molecule has 1 aliphatic carbocycles. The highest BCUT2D eigenvalue weighted by Crippen LogP contribution is 2.42. The van der Waals surface area contributed by atoms with Crippen LogP contribution in [0.15, 0.2) is 107 Å². The number of aromatic hydroxyl groups is 1. The molecule has 444 valence electrons. The van der Waals surface area contributed by atoms with E-state index >= 15 is 0 Å². The van der Waals surface area contributed by atoms with E-state index in [0.717, 1.165) is 0 Å². The van der Waals surface area contributed by atoms with Crippen LogP contribution in [0.25, 0.3) is 33.4 Å². The number of amides is 9. The van der Waals surface area contributed by atoms with Crippen molar-refractivity contribution < 1.29 is 67.7 Å². The Morgan fingerprint density at radius 2 is 1.30 bits per heavy atom. The number of aromatic amines is 1. The monoisotopic (exact) mass is 1160 g/mol. The largest absolute Gasteiger partial charge is 0.508 e. The van der Waals surface area contributed by atoms with Crippen molar-refractivity contribution in [1.29, 1.82) is 0 Å². The quantitative estimate of drug-likeness (QED) is 0.0239. The maximum Gasteiger partial charge on any atom is 0.336 e. The topological polar surface area (TPSA) is 413 Å². The second-order valence-electron chi connectivity index (χ2n) is 20.2. The number of nitrogens with zero attached hydrogens (tertiary/aromatic N) is 1. The van der Waals surface area contributed by atoms with Crippen LogP contribution in [0.1, 0.15) is 92.3 Å². The van der Waals surface area contributed by atoms with E-state index in [0.29, 0.717) is 47.0 Å². The molecular weight excluding hydrogens is 1090 g/mol. The van der Waals surface area contributed by atoms with Gasteiger partial charge in [-0.25, -0.2) is 9.78 Å². The van der Waals surface area contributed by atoms with E-state index in [9.17, 15) is 68.1 Å². The minimum absolute atomic E-state index is 0.0506. The fourth-order valence-corrected chi connectivity index (χ4v) is 9.00. The van der Waals surface area contributed by atoms with Crippen molar-refractivity contribution in [3.63, 3.8) is 0 Å². The SMILES string of the molecule is CC(=O)N[C@H](CCCCCNC(=O)c1ccc(C(=O)O)c(-c2c3ccc(=O)cc-3oc3cc(O)ccc23)c1)C(=O)N[C@H](C)C(=O)N[C@H](C)C(=O)N[C@H](C)C(=O)N[C@@H](C(=O)N[C@H](Cc1cnc[nH]1)C(=O)N[C@H](Cc1ccccc1)C(N)=O)[C@H](C)O. The number of carboxylic acid groups (broad SMARTS) is 1. The van der Waals surface area contributed by atoms with E-state index in [1.165, 1.54) is 95.7 Å².